The van der Waals surface area contributed by atoms with Gasteiger partial charge in [0.2, 0.25) is 0 Å². The molecule has 0 aliphatic carbocycles. The Bertz CT molecular complexity index is 1350. The highest BCUT2D eigenvalue weighted by atomic mass is 19.1. The summed E-state index contributed by atoms with van der Waals surface area (Å²) >= 11 is 0. The van der Waals surface area contributed by atoms with Gasteiger partial charge in [-0.25, -0.2) is 9.18 Å². The van der Waals surface area contributed by atoms with E-state index in [0.717, 1.165) is 5.56 Å². The highest BCUT2D eigenvalue weighted by Gasteiger charge is 2.51. The minimum absolute atomic E-state index is 0.0103. The number of likely N-dealkylation sites (N-methyl/N-ethyl adjacent to an activating group) is 1. The molecule has 0 bridgehead atoms. The number of Topliss-reactive ketones (excluding diaryl/α,β-unsaturated/α-hetero) is 1. The van der Waals surface area contributed by atoms with Gasteiger partial charge in [0.15, 0.2) is 17.7 Å². The molecular weight excluding hydrogens is 687 g/mol. The second kappa shape index (κ2) is 19.2. The molecular formula is C39H65FN4O9. The molecule has 5 N–H and O–H groups in total. The number of aliphatic hydroxyl groups is 1. The van der Waals surface area contributed by atoms with Crippen LogP contribution >= 0.6 is 0 Å². The molecule has 2 aliphatic rings. The minimum Gasteiger partial charge on any atom is -0.458 e. The van der Waals surface area contributed by atoms with Gasteiger partial charge >= 0.3 is 12.1 Å². The molecule has 2 saturated heterocycles. The number of carbonyl (C=O) groups is 3. The number of methoxy groups -OCH3 is 1. The van der Waals surface area contributed by atoms with Gasteiger partial charge in [0.05, 0.1) is 17.8 Å². The third-order valence-corrected chi connectivity index (χ3v) is 11.6. The molecule has 1 aromatic carbocycles. The van der Waals surface area contributed by atoms with E-state index in [0.29, 0.717) is 38.9 Å². The molecule has 13 nitrogen and oxygen atoms in total. The number of primary amides is 1. The molecule has 0 spiro atoms. The van der Waals surface area contributed by atoms with Gasteiger partial charge in [-0.15, -0.1) is 0 Å². The van der Waals surface area contributed by atoms with Crippen LogP contribution in [0.2, 0.25) is 0 Å². The molecule has 3 rings (SSSR count). The fourth-order valence-corrected chi connectivity index (χ4v) is 7.91. The zero-order chi connectivity index (χ0) is 39.8. The molecule has 302 valence electrons. The number of esters is 1. The number of amides is 1. The lowest BCUT2D eigenvalue weighted by Gasteiger charge is -2.47. The van der Waals surface area contributed by atoms with Crippen LogP contribution in [0.1, 0.15) is 80.2 Å². The molecule has 13 atom stereocenters. The Labute approximate surface area is 315 Å². The molecule has 53 heavy (non-hydrogen) atoms. The largest absolute Gasteiger partial charge is 0.458 e. The number of nitrogens with one attached hydrogen (secondary N) is 2. The number of hydrogen-bond donors (Lipinski definition) is 4. The second-order valence-electron chi connectivity index (χ2n) is 15.9. The van der Waals surface area contributed by atoms with Crippen LogP contribution in [0, 0.1) is 29.5 Å². The van der Waals surface area contributed by atoms with Gasteiger partial charge in [-0.1, -0.05) is 39.8 Å². The van der Waals surface area contributed by atoms with Crippen molar-refractivity contribution in [2.45, 2.75) is 135 Å². The molecule has 1 amide bonds. The molecule has 2 aliphatic heterocycles. The van der Waals surface area contributed by atoms with Crippen LogP contribution in [0.4, 0.5) is 9.18 Å². The van der Waals surface area contributed by atoms with Gasteiger partial charge in [-0.2, -0.15) is 0 Å². The third-order valence-electron chi connectivity index (χ3n) is 11.6. The summed E-state index contributed by atoms with van der Waals surface area (Å²) in [7, 11) is 5.31. The number of nitrogens with zero attached hydrogens (tertiary/aromatic N) is 1. The number of cyclic esters (lactones) is 1. The summed E-state index contributed by atoms with van der Waals surface area (Å²) in [6.45, 7) is 15.9. The number of halogens is 1. The summed E-state index contributed by atoms with van der Waals surface area (Å²) in [6.07, 6.45) is -4.19. The molecule has 14 heteroatoms. The van der Waals surface area contributed by atoms with E-state index in [1.165, 1.54) is 19.1 Å². The molecule has 1 aromatic rings. The fourth-order valence-electron chi connectivity index (χ4n) is 7.91. The Morgan fingerprint density at radius 2 is 1.77 bits per heavy atom. The van der Waals surface area contributed by atoms with Crippen LogP contribution in [0.15, 0.2) is 24.3 Å². The highest BCUT2D eigenvalue weighted by Crippen LogP contribution is 2.38. The standard InChI is InChI=1S/C39H65FN4O9/c1-12-31-39(8,53-37(41)48)25(5)26(6)43-19-22(2)18-38(7,49-11)34(23(3)32(45)24(4)35(47)51-31)52-36-33(46)30(44(9)10)17-29(50-36)21-42-20-27-13-15-28(40)16-14-27/h13-16,22-26,29-31,33-34,36,42-43,46H,12,17-21H2,1-11H3,(H2,41,48)/t22-,23+,24?,25-,26-,29?,30?,31-,33?,34-,36+,38-,39+/m1/s1. The van der Waals surface area contributed by atoms with Crippen LogP contribution < -0.4 is 16.4 Å². The highest BCUT2D eigenvalue weighted by molar-refractivity contribution is 6.00. The SMILES string of the molecule is CC[C@H]1OC(=O)C(C)C(=O)[C@H](C)[C@@H](O[C@@H]2OC(CNCc3ccc(F)cc3)CC(N(C)C)C2O)[C@](C)(OC)C[C@@H](C)CN[C@H](C)[C@@H](C)[C@]1(C)OC(N)=O. The number of carbonyl (C=O) groups excluding carboxylic acids is 3. The Balaban J connectivity index is 1.98. The zero-order valence-corrected chi connectivity index (χ0v) is 33.5. The quantitative estimate of drug-likeness (QED) is 0.202. The predicted molar refractivity (Wildman–Crippen MR) is 198 cm³/mol. The topological polar surface area (TPSA) is 171 Å². The molecule has 4 unspecified atom stereocenters. The van der Waals surface area contributed by atoms with E-state index in [4.69, 9.17) is 29.4 Å². The maximum Gasteiger partial charge on any atom is 0.405 e. The number of ether oxygens (including phenoxy) is 5. The number of benzene rings is 1. The van der Waals surface area contributed by atoms with Gasteiger partial charge in [0.1, 0.15) is 23.9 Å². The number of rotatable bonds is 10. The Kier molecular flexibility index (Phi) is 16.2. The smallest absolute Gasteiger partial charge is 0.405 e. The monoisotopic (exact) mass is 752 g/mol. The second-order valence-corrected chi connectivity index (χ2v) is 15.9. The predicted octanol–water partition coefficient (Wildman–Crippen LogP) is 3.78. The van der Waals surface area contributed by atoms with Crippen molar-refractivity contribution in [2.24, 2.45) is 29.4 Å². The van der Waals surface area contributed by atoms with E-state index in [1.54, 1.807) is 33.1 Å². The molecule has 2 heterocycles. The van der Waals surface area contributed by atoms with E-state index >= 15 is 0 Å². The van der Waals surface area contributed by atoms with Gasteiger partial charge in [-0.05, 0) is 91.2 Å². The van der Waals surface area contributed by atoms with E-state index in [1.807, 2.05) is 46.7 Å². The lowest BCUT2D eigenvalue weighted by molar-refractivity contribution is -0.297. The van der Waals surface area contributed by atoms with E-state index < -0.39 is 65.5 Å². The van der Waals surface area contributed by atoms with E-state index in [2.05, 4.69) is 17.6 Å². The Hall–Kier alpha value is -2.72. The lowest BCUT2D eigenvalue weighted by Crippen LogP contribution is -2.60. The van der Waals surface area contributed by atoms with Crippen molar-refractivity contribution < 1.29 is 47.6 Å². The third kappa shape index (κ3) is 11.2. The van der Waals surface area contributed by atoms with Gasteiger partial charge in [0, 0.05) is 44.1 Å². The normalized spacial score (nSPS) is 38.1. The van der Waals surface area contributed by atoms with Gasteiger partial charge in [0.25, 0.3) is 0 Å². The number of hydrogen-bond acceptors (Lipinski definition) is 12. The lowest BCUT2D eigenvalue weighted by atomic mass is 9.78. The number of ketones is 1. The average molecular weight is 753 g/mol. The van der Waals surface area contributed by atoms with Crippen molar-refractivity contribution in [1.29, 1.82) is 0 Å². The maximum atomic E-state index is 14.3. The Morgan fingerprint density at radius 1 is 1.13 bits per heavy atom. The zero-order valence-electron chi connectivity index (χ0n) is 33.5. The summed E-state index contributed by atoms with van der Waals surface area (Å²) in [5.41, 5.74) is 4.06. The van der Waals surface area contributed by atoms with Crippen molar-refractivity contribution in [3.63, 3.8) is 0 Å². The van der Waals surface area contributed by atoms with Crippen molar-refractivity contribution in [1.82, 2.24) is 15.5 Å². The summed E-state index contributed by atoms with van der Waals surface area (Å²) in [6, 6.07) is 5.71. The molecule has 0 saturated carbocycles. The van der Waals surface area contributed by atoms with Gasteiger partial charge < -0.3 is 50.1 Å². The van der Waals surface area contributed by atoms with E-state index in [-0.39, 0.29) is 35.8 Å². The van der Waals surface area contributed by atoms with Crippen LogP contribution in [0.5, 0.6) is 0 Å². The molecule has 0 radical (unpaired) electrons. The molecule has 2 fully saturated rings. The first kappa shape index (κ1) is 44.7. The van der Waals surface area contributed by atoms with E-state index in [9.17, 15) is 23.9 Å². The van der Waals surface area contributed by atoms with Gasteiger partial charge in [-0.3, -0.25) is 9.59 Å². The summed E-state index contributed by atoms with van der Waals surface area (Å²) in [5, 5.41) is 18.6. The van der Waals surface area contributed by atoms with Crippen molar-refractivity contribution in [2.75, 3.05) is 34.3 Å². The minimum atomic E-state index is -1.30. The molecule has 0 aromatic heterocycles. The van der Waals surface area contributed by atoms with Crippen molar-refractivity contribution in [3.8, 4) is 0 Å². The average Bonchev–Trinajstić information content (AvgIpc) is 3.11. The fraction of sp³-hybridized carbons (Fsp3) is 0.769. The summed E-state index contributed by atoms with van der Waals surface area (Å²) in [4.78, 5) is 42.1. The van der Waals surface area contributed by atoms with Crippen molar-refractivity contribution in [3.05, 3.63) is 35.6 Å². The first-order valence-corrected chi connectivity index (χ1v) is 18.9. The summed E-state index contributed by atoms with van der Waals surface area (Å²) in [5.74, 6) is -4.01. The van der Waals surface area contributed by atoms with Crippen LogP contribution in [-0.4, -0.2) is 116 Å². The first-order chi connectivity index (χ1) is 24.8. The maximum absolute atomic E-state index is 14.3. The summed E-state index contributed by atoms with van der Waals surface area (Å²) < 4.78 is 44.5. The number of nitrogens with two attached hydrogens (primary N) is 1. The van der Waals surface area contributed by atoms with Crippen LogP contribution in [-0.2, 0) is 39.8 Å². The first-order valence-electron chi connectivity index (χ1n) is 18.9. The number of aliphatic hydroxyl groups excluding tert-OH is 1. The van der Waals surface area contributed by atoms with Crippen molar-refractivity contribution >= 4 is 17.8 Å². The van der Waals surface area contributed by atoms with Crippen LogP contribution in [0.25, 0.3) is 0 Å². The van der Waals surface area contributed by atoms with Crippen LogP contribution in [0.3, 0.4) is 0 Å². The Morgan fingerprint density at radius 3 is 2.34 bits per heavy atom.